The normalized spacial score (nSPS) is 16.8. The smallest absolute Gasteiger partial charge is 0.150 e. The number of benzene rings is 3. The van der Waals surface area contributed by atoms with Gasteiger partial charge in [-0.1, -0.05) is 60.3 Å². The second kappa shape index (κ2) is 5.18. The van der Waals surface area contributed by atoms with Crippen LogP contribution in [0.2, 0.25) is 0 Å². The van der Waals surface area contributed by atoms with E-state index >= 15 is 0 Å². The fourth-order valence-corrected chi connectivity index (χ4v) is 4.44. The lowest BCUT2D eigenvalue weighted by Crippen LogP contribution is -2.17. The number of carbonyl (C=O) groups is 1. The van der Waals surface area contributed by atoms with E-state index < -0.39 is 0 Å². The summed E-state index contributed by atoms with van der Waals surface area (Å²) in [4.78, 5) is 14.9. The summed E-state index contributed by atoms with van der Waals surface area (Å²) in [5, 5.41) is 2.42. The van der Waals surface area contributed by atoms with E-state index in [9.17, 15) is 4.79 Å². The van der Waals surface area contributed by atoms with Crippen LogP contribution in [0.4, 0.5) is 5.69 Å². The van der Waals surface area contributed by atoms with Crippen molar-refractivity contribution < 1.29 is 4.79 Å². The van der Waals surface area contributed by atoms with Gasteiger partial charge in [0.2, 0.25) is 0 Å². The van der Waals surface area contributed by atoms with Gasteiger partial charge in [0, 0.05) is 17.5 Å². The molecule has 1 unspecified atom stereocenters. The predicted molar refractivity (Wildman–Crippen MR) is 92.8 cm³/mol. The first-order valence-electron chi connectivity index (χ1n) is 7.25. The topological polar surface area (TPSA) is 20.3 Å². The zero-order valence-electron chi connectivity index (χ0n) is 12.2. The highest BCUT2D eigenvalue weighted by atomic mass is 32.2. The molecule has 0 aliphatic carbocycles. The Hall–Kier alpha value is -2.26. The van der Waals surface area contributed by atoms with Crippen LogP contribution in [-0.4, -0.2) is 13.3 Å². The first-order valence-corrected chi connectivity index (χ1v) is 8.13. The Kier molecular flexibility index (Phi) is 3.16. The number of rotatable bonds is 2. The van der Waals surface area contributed by atoms with Crippen LogP contribution in [0.15, 0.2) is 65.6 Å². The first kappa shape index (κ1) is 13.4. The summed E-state index contributed by atoms with van der Waals surface area (Å²) in [5.41, 5.74) is 3.27. The van der Waals surface area contributed by atoms with Crippen LogP contribution in [0, 0.1) is 0 Å². The van der Waals surface area contributed by atoms with Gasteiger partial charge in [0.15, 0.2) is 6.29 Å². The number of nitrogens with zero attached hydrogens (tertiary/aromatic N) is 1. The molecule has 0 bridgehead atoms. The summed E-state index contributed by atoms with van der Waals surface area (Å²) in [6, 6.07) is 20.6. The van der Waals surface area contributed by atoms with Crippen LogP contribution in [0.3, 0.4) is 0 Å². The number of anilines is 1. The molecule has 0 N–H and O–H groups in total. The van der Waals surface area contributed by atoms with E-state index in [1.165, 1.54) is 16.1 Å². The molecule has 3 aromatic carbocycles. The molecule has 1 aliphatic heterocycles. The maximum Gasteiger partial charge on any atom is 0.150 e. The Morgan fingerprint density at radius 3 is 2.45 bits per heavy atom. The number of thioether (sulfide) groups is 1. The molecule has 0 radical (unpaired) electrons. The van der Waals surface area contributed by atoms with Gasteiger partial charge in [-0.15, -0.1) is 0 Å². The predicted octanol–water partition coefficient (Wildman–Crippen LogP) is 4.89. The molecular weight excluding hydrogens is 290 g/mol. The van der Waals surface area contributed by atoms with Crippen LogP contribution in [0.25, 0.3) is 10.8 Å². The monoisotopic (exact) mass is 305 g/mol. The van der Waals surface area contributed by atoms with Crippen molar-refractivity contribution in [3.63, 3.8) is 0 Å². The van der Waals surface area contributed by atoms with E-state index in [4.69, 9.17) is 0 Å². The molecule has 0 spiro atoms. The Morgan fingerprint density at radius 2 is 1.68 bits per heavy atom. The first-order chi connectivity index (χ1) is 10.8. The molecule has 0 saturated carbocycles. The average Bonchev–Trinajstić information content (AvgIpc) is 2.91. The number of carbonyl (C=O) groups excluding carboxylic acids is 1. The third kappa shape index (κ3) is 1.93. The van der Waals surface area contributed by atoms with Crippen LogP contribution < -0.4 is 4.90 Å². The molecule has 1 atom stereocenters. The van der Waals surface area contributed by atoms with Gasteiger partial charge in [-0.25, -0.2) is 0 Å². The van der Waals surface area contributed by atoms with E-state index in [0.717, 1.165) is 22.6 Å². The summed E-state index contributed by atoms with van der Waals surface area (Å²) in [7, 11) is 2.13. The zero-order valence-corrected chi connectivity index (χ0v) is 13.0. The minimum Gasteiger partial charge on any atom is -0.357 e. The van der Waals surface area contributed by atoms with E-state index in [-0.39, 0.29) is 5.37 Å². The molecule has 0 amide bonds. The van der Waals surface area contributed by atoms with Crippen LogP contribution in [-0.2, 0) is 0 Å². The van der Waals surface area contributed by atoms with E-state index in [2.05, 4.69) is 48.3 Å². The highest BCUT2D eigenvalue weighted by molar-refractivity contribution is 8.00. The number of hydrogen-bond donors (Lipinski definition) is 0. The van der Waals surface area contributed by atoms with Crippen molar-refractivity contribution >= 4 is 34.5 Å². The van der Waals surface area contributed by atoms with E-state index in [1.54, 1.807) is 0 Å². The van der Waals surface area contributed by atoms with Crippen molar-refractivity contribution in [2.45, 2.75) is 10.3 Å². The molecular formula is C19H15NOS. The van der Waals surface area contributed by atoms with Crippen molar-refractivity contribution in [1.29, 1.82) is 0 Å². The number of para-hydroxylation sites is 1. The molecule has 22 heavy (non-hydrogen) atoms. The quantitative estimate of drug-likeness (QED) is 0.629. The molecule has 3 aromatic rings. The minimum absolute atomic E-state index is 0.239. The summed E-state index contributed by atoms with van der Waals surface area (Å²) in [6.07, 6.45) is 0.937. The minimum atomic E-state index is 0.239. The van der Waals surface area contributed by atoms with Gasteiger partial charge in [0.05, 0.1) is 5.69 Å². The Labute approximate surface area is 133 Å². The van der Waals surface area contributed by atoms with Gasteiger partial charge in [-0.2, -0.15) is 0 Å². The molecule has 1 aliphatic rings. The zero-order chi connectivity index (χ0) is 15.1. The van der Waals surface area contributed by atoms with Crippen molar-refractivity contribution in [3.8, 4) is 0 Å². The van der Waals surface area contributed by atoms with Crippen molar-refractivity contribution in [1.82, 2.24) is 0 Å². The van der Waals surface area contributed by atoms with Gasteiger partial charge < -0.3 is 4.90 Å². The lowest BCUT2D eigenvalue weighted by Gasteiger charge is -2.23. The molecule has 0 fully saturated rings. The molecule has 4 rings (SSSR count). The molecule has 3 heteroatoms. The van der Waals surface area contributed by atoms with Gasteiger partial charge in [0.25, 0.3) is 0 Å². The SMILES string of the molecule is CN1c2ccccc2SC1c1ccc(C=O)c2ccccc12. The third-order valence-corrected chi connectivity index (χ3v) is 5.61. The fourth-order valence-electron chi connectivity index (χ4n) is 3.11. The van der Waals surface area contributed by atoms with E-state index in [0.29, 0.717) is 0 Å². The Bertz CT molecular complexity index is 874. The Morgan fingerprint density at radius 1 is 0.955 bits per heavy atom. The van der Waals surface area contributed by atoms with Gasteiger partial charge in [-0.05, 0) is 28.5 Å². The largest absolute Gasteiger partial charge is 0.357 e. The molecule has 0 aromatic heterocycles. The van der Waals surface area contributed by atoms with Crippen LogP contribution in [0.5, 0.6) is 0 Å². The van der Waals surface area contributed by atoms with Crippen LogP contribution in [0.1, 0.15) is 21.3 Å². The second-order valence-corrected chi connectivity index (χ2v) is 6.58. The molecule has 2 nitrogen and oxygen atoms in total. The van der Waals surface area contributed by atoms with Crippen LogP contribution >= 0.6 is 11.8 Å². The number of fused-ring (bicyclic) bond motifs is 2. The highest BCUT2D eigenvalue weighted by Gasteiger charge is 2.29. The maximum atomic E-state index is 11.3. The van der Waals surface area contributed by atoms with E-state index in [1.807, 2.05) is 36.0 Å². The molecule has 0 saturated heterocycles. The lowest BCUT2D eigenvalue weighted by atomic mass is 9.99. The van der Waals surface area contributed by atoms with Gasteiger partial charge >= 0.3 is 0 Å². The fraction of sp³-hybridized carbons (Fsp3) is 0.105. The van der Waals surface area contributed by atoms with Gasteiger partial charge in [-0.3, -0.25) is 4.79 Å². The highest BCUT2D eigenvalue weighted by Crippen LogP contribution is 2.51. The average molecular weight is 305 g/mol. The third-order valence-electron chi connectivity index (χ3n) is 4.22. The number of hydrogen-bond acceptors (Lipinski definition) is 3. The summed E-state index contributed by atoms with van der Waals surface area (Å²) < 4.78 is 0. The Balaban J connectivity index is 1.88. The standard InChI is InChI=1S/C19H15NOS/c1-20-17-8-4-5-9-18(17)22-19(20)16-11-10-13(12-21)14-6-2-3-7-15(14)16/h2-12,19H,1H3. The van der Waals surface area contributed by atoms with Crippen molar-refractivity contribution in [2.75, 3.05) is 11.9 Å². The van der Waals surface area contributed by atoms with Crippen molar-refractivity contribution in [2.24, 2.45) is 0 Å². The molecule has 108 valence electrons. The van der Waals surface area contributed by atoms with Gasteiger partial charge in [0.1, 0.15) is 5.37 Å². The lowest BCUT2D eigenvalue weighted by molar-refractivity contribution is 0.112. The maximum absolute atomic E-state index is 11.3. The second-order valence-electron chi connectivity index (χ2n) is 5.46. The summed E-state index contributed by atoms with van der Waals surface area (Å²) in [5.74, 6) is 0. The number of aldehydes is 1. The molecule has 1 heterocycles. The van der Waals surface area contributed by atoms with Crippen molar-refractivity contribution in [3.05, 3.63) is 71.8 Å². The summed E-state index contributed by atoms with van der Waals surface area (Å²) in [6.45, 7) is 0. The summed E-state index contributed by atoms with van der Waals surface area (Å²) >= 11 is 1.86.